The highest BCUT2D eigenvalue weighted by molar-refractivity contribution is 6.31. The van der Waals surface area contributed by atoms with E-state index in [-0.39, 0.29) is 11.8 Å². The van der Waals surface area contributed by atoms with Crippen molar-refractivity contribution in [1.29, 1.82) is 0 Å². The first kappa shape index (κ1) is 14.8. The Morgan fingerprint density at radius 2 is 2.26 bits per heavy atom. The molecule has 0 aliphatic heterocycles. The third-order valence-electron chi connectivity index (χ3n) is 5.00. The largest absolute Gasteiger partial charge is 0.356 e. The van der Waals surface area contributed by atoms with Crippen LogP contribution in [-0.2, 0) is 11.2 Å². The van der Waals surface area contributed by atoms with Gasteiger partial charge in [0, 0.05) is 23.9 Å². The van der Waals surface area contributed by atoms with Gasteiger partial charge in [-0.2, -0.15) is 0 Å². The summed E-state index contributed by atoms with van der Waals surface area (Å²) in [5, 5.41) is 3.80. The standard InChI is InChI=1S/C18H20ClN3O/c19-13-5-6-15-16(10-13)22-17(21-15)2-1-7-20-18(23)14-9-11-3-4-12(14)8-11/h3-6,10-12,14H,1-2,7-9H2,(H,20,23)(H,21,22). The van der Waals surface area contributed by atoms with E-state index in [2.05, 4.69) is 27.4 Å². The van der Waals surface area contributed by atoms with Crippen LogP contribution >= 0.6 is 11.6 Å². The van der Waals surface area contributed by atoms with Crippen LogP contribution in [-0.4, -0.2) is 22.4 Å². The van der Waals surface area contributed by atoms with Crippen molar-refractivity contribution in [3.05, 3.63) is 41.2 Å². The van der Waals surface area contributed by atoms with Crippen LogP contribution in [0.4, 0.5) is 0 Å². The Morgan fingerprint density at radius 3 is 3.04 bits per heavy atom. The van der Waals surface area contributed by atoms with Crippen molar-refractivity contribution in [2.24, 2.45) is 17.8 Å². The van der Waals surface area contributed by atoms with E-state index in [1.165, 1.54) is 6.42 Å². The molecule has 2 aliphatic rings. The van der Waals surface area contributed by atoms with E-state index in [1.807, 2.05) is 18.2 Å². The SMILES string of the molecule is O=C(NCCCc1nc2ccc(Cl)cc2[nH]1)C1CC2C=CC1C2. The average Bonchev–Trinajstić information content (AvgIpc) is 3.25. The predicted molar refractivity (Wildman–Crippen MR) is 91.3 cm³/mol. The fourth-order valence-electron chi connectivity index (χ4n) is 3.83. The first-order valence-corrected chi connectivity index (χ1v) is 8.67. The second-order valence-electron chi connectivity index (χ2n) is 6.63. The number of benzene rings is 1. The fourth-order valence-corrected chi connectivity index (χ4v) is 4.01. The third kappa shape index (κ3) is 3.00. The highest BCUT2D eigenvalue weighted by Gasteiger charge is 2.39. The molecule has 1 heterocycles. The molecule has 3 atom stereocenters. The molecule has 1 aromatic carbocycles. The number of nitrogens with zero attached hydrogens (tertiary/aromatic N) is 1. The van der Waals surface area contributed by atoms with Gasteiger partial charge in [0.2, 0.25) is 5.91 Å². The molecule has 120 valence electrons. The molecule has 5 heteroatoms. The maximum Gasteiger partial charge on any atom is 0.223 e. The zero-order chi connectivity index (χ0) is 15.8. The summed E-state index contributed by atoms with van der Waals surface area (Å²) in [6.45, 7) is 0.703. The lowest BCUT2D eigenvalue weighted by Crippen LogP contribution is -2.33. The van der Waals surface area contributed by atoms with Crippen LogP contribution in [0, 0.1) is 17.8 Å². The molecule has 23 heavy (non-hydrogen) atoms. The van der Waals surface area contributed by atoms with E-state index < -0.39 is 0 Å². The fraction of sp³-hybridized carbons (Fsp3) is 0.444. The van der Waals surface area contributed by atoms with E-state index in [9.17, 15) is 4.79 Å². The number of hydrogen-bond acceptors (Lipinski definition) is 2. The lowest BCUT2D eigenvalue weighted by Gasteiger charge is -2.17. The summed E-state index contributed by atoms with van der Waals surface area (Å²) in [5.74, 6) is 2.47. The van der Waals surface area contributed by atoms with Crippen molar-refractivity contribution in [2.45, 2.75) is 25.7 Å². The van der Waals surface area contributed by atoms with Crippen molar-refractivity contribution in [3.8, 4) is 0 Å². The first-order chi connectivity index (χ1) is 11.2. The van der Waals surface area contributed by atoms with E-state index in [0.717, 1.165) is 36.1 Å². The van der Waals surface area contributed by atoms with Crippen molar-refractivity contribution >= 4 is 28.5 Å². The normalized spacial score (nSPS) is 25.3. The highest BCUT2D eigenvalue weighted by Crippen LogP contribution is 2.43. The van der Waals surface area contributed by atoms with Gasteiger partial charge in [0.25, 0.3) is 0 Å². The number of hydrogen-bond donors (Lipinski definition) is 2. The number of allylic oxidation sites excluding steroid dienone is 2. The maximum atomic E-state index is 12.2. The van der Waals surface area contributed by atoms with Crippen LogP contribution in [0.2, 0.25) is 5.02 Å². The quantitative estimate of drug-likeness (QED) is 0.651. The van der Waals surface area contributed by atoms with Crippen LogP contribution in [0.3, 0.4) is 0 Å². The van der Waals surface area contributed by atoms with Gasteiger partial charge in [-0.3, -0.25) is 4.79 Å². The molecule has 4 rings (SSSR count). The zero-order valence-corrected chi connectivity index (χ0v) is 13.6. The van der Waals surface area contributed by atoms with Gasteiger partial charge < -0.3 is 10.3 Å². The Bertz CT molecular complexity index is 767. The Morgan fingerprint density at radius 1 is 1.35 bits per heavy atom. The summed E-state index contributed by atoms with van der Waals surface area (Å²) in [7, 11) is 0. The number of halogens is 1. The molecule has 0 spiro atoms. The highest BCUT2D eigenvalue weighted by atomic mass is 35.5. The van der Waals surface area contributed by atoms with Gasteiger partial charge in [-0.25, -0.2) is 4.98 Å². The smallest absolute Gasteiger partial charge is 0.223 e. The van der Waals surface area contributed by atoms with E-state index in [4.69, 9.17) is 11.6 Å². The molecular weight excluding hydrogens is 310 g/mol. The lowest BCUT2D eigenvalue weighted by atomic mass is 9.93. The number of aryl methyl sites for hydroxylation is 1. The number of rotatable bonds is 5. The van der Waals surface area contributed by atoms with Gasteiger partial charge in [0.1, 0.15) is 5.82 Å². The Kier molecular flexibility index (Phi) is 3.85. The van der Waals surface area contributed by atoms with Crippen molar-refractivity contribution in [3.63, 3.8) is 0 Å². The van der Waals surface area contributed by atoms with E-state index in [0.29, 0.717) is 23.4 Å². The lowest BCUT2D eigenvalue weighted by molar-refractivity contribution is -0.125. The van der Waals surface area contributed by atoms with Crippen molar-refractivity contribution < 1.29 is 4.79 Å². The van der Waals surface area contributed by atoms with Gasteiger partial charge in [0.15, 0.2) is 0 Å². The van der Waals surface area contributed by atoms with Crippen LogP contribution in [0.15, 0.2) is 30.4 Å². The Hall–Kier alpha value is -1.81. The molecule has 0 radical (unpaired) electrons. The maximum absolute atomic E-state index is 12.2. The minimum Gasteiger partial charge on any atom is -0.356 e. The molecule has 0 saturated heterocycles. The minimum absolute atomic E-state index is 0.193. The summed E-state index contributed by atoms with van der Waals surface area (Å²) in [4.78, 5) is 20.1. The van der Waals surface area contributed by atoms with Gasteiger partial charge in [0.05, 0.1) is 11.0 Å². The second kappa shape index (κ2) is 6.00. The molecule has 1 amide bonds. The summed E-state index contributed by atoms with van der Waals surface area (Å²) < 4.78 is 0. The summed E-state index contributed by atoms with van der Waals surface area (Å²) in [5.41, 5.74) is 1.90. The number of aromatic nitrogens is 2. The monoisotopic (exact) mass is 329 g/mol. The number of amides is 1. The topological polar surface area (TPSA) is 57.8 Å². The first-order valence-electron chi connectivity index (χ1n) is 8.29. The number of nitrogens with one attached hydrogen (secondary N) is 2. The van der Waals surface area contributed by atoms with Crippen molar-refractivity contribution in [1.82, 2.24) is 15.3 Å². The molecule has 1 saturated carbocycles. The van der Waals surface area contributed by atoms with Crippen LogP contribution in [0.1, 0.15) is 25.1 Å². The number of carbonyl (C=O) groups is 1. The molecule has 2 N–H and O–H groups in total. The predicted octanol–water partition coefficient (Wildman–Crippen LogP) is 3.48. The van der Waals surface area contributed by atoms with E-state index >= 15 is 0 Å². The van der Waals surface area contributed by atoms with Crippen molar-refractivity contribution in [2.75, 3.05) is 6.54 Å². The minimum atomic E-state index is 0.193. The third-order valence-corrected chi connectivity index (χ3v) is 5.23. The molecule has 1 fully saturated rings. The molecule has 2 bridgehead atoms. The number of fused-ring (bicyclic) bond motifs is 3. The summed E-state index contributed by atoms with van der Waals surface area (Å²) >= 11 is 5.98. The number of aromatic amines is 1. The van der Waals surface area contributed by atoms with Gasteiger partial charge in [-0.1, -0.05) is 23.8 Å². The van der Waals surface area contributed by atoms with Gasteiger partial charge in [-0.05, 0) is 49.3 Å². The van der Waals surface area contributed by atoms with E-state index in [1.54, 1.807) is 0 Å². The number of H-pyrrole nitrogens is 1. The van der Waals surface area contributed by atoms with Gasteiger partial charge in [-0.15, -0.1) is 0 Å². The molecule has 4 nitrogen and oxygen atoms in total. The molecule has 2 aromatic rings. The number of imidazole rings is 1. The second-order valence-corrected chi connectivity index (χ2v) is 7.06. The van der Waals surface area contributed by atoms with Crippen LogP contribution < -0.4 is 5.32 Å². The number of carbonyl (C=O) groups excluding carboxylic acids is 1. The summed E-state index contributed by atoms with van der Waals surface area (Å²) in [6.07, 6.45) is 8.39. The molecule has 1 aromatic heterocycles. The molecule has 2 aliphatic carbocycles. The average molecular weight is 330 g/mol. The van der Waals surface area contributed by atoms with Gasteiger partial charge >= 0.3 is 0 Å². The Labute approximate surface area is 140 Å². The summed E-state index contributed by atoms with van der Waals surface area (Å²) in [6, 6.07) is 5.65. The molecule has 3 unspecified atom stereocenters. The molecular formula is C18H20ClN3O. The van der Waals surface area contributed by atoms with Crippen LogP contribution in [0.5, 0.6) is 0 Å². The van der Waals surface area contributed by atoms with Crippen LogP contribution in [0.25, 0.3) is 11.0 Å². The zero-order valence-electron chi connectivity index (χ0n) is 12.9. The Balaban J connectivity index is 1.26.